The average Bonchev–Trinajstić information content (AvgIpc) is 3.06. The fourth-order valence-electron chi connectivity index (χ4n) is 3.08. The van der Waals surface area contributed by atoms with E-state index in [4.69, 9.17) is 11.6 Å². The Bertz CT molecular complexity index is 722. The van der Waals surface area contributed by atoms with E-state index < -0.39 is 0 Å². The molecule has 0 saturated carbocycles. The lowest BCUT2D eigenvalue weighted by molar-refractivity contribution is -0.131. The number of amides is 1. The third-order valence-electron chi connectivity index (χ3n) is 4.28. The summed E-state index contributed by atoms with van der Waals surface area (Å²) in [7, 11) is 0. The lowest BCUT2D eigenvalue weighted by atomic mass is 10.0. The van der Waals surface area contributed by atoms with E-state index in [-0.39, 0.29) is 23.0 Å². The van der Waals surface area contributed by atoms with Gasteiger partial charge in [-0.2, -0.15) is 0 Å². The van der Waals surface area contributed by atoms with Crippen molar-refractivity contribution < 1.29 is 9.18 Å². The van der Waals surface area contributed by atoms with Gasteiger partial charge in [0, 0.05) is 11.4 Å². The highest BCUT2D eigenvalue weighted by molar-refractivity contribution is 8.00. The highest BCUT2D eigenvalue weighted by atomic mass is 35.5. The van der Waals surface area contributed by atoms with Crippen LogP contribution in [0.2, 0.25) is 5.02 Å². The van der Waals surface area contributed by atoms with Crippen LogP contribution in [0.15, 0.2) is 53.4 Å². The second-order valence-corrected chi connectivity index (χ2v) is 7.72. The monoisotopic (exact) mass is 363 g/mol. The summed E-state index contributed by atoms with van der Waals surface area (Å²) >= 11 is 7.67. The molecular formula is C19H19ClFNOS. The highest BCUT2D eigenvalue weighted by Gasteiger charge is 2.32. The van der Waals surface area contributed by atoms with Gasteiger partial charge >= 0.3 is 0 Å². The number of benzene rings is 2. The van der Waals surface area contributed by atoms with Crippen molar-refractivity contribution in [3.63, 3.8) is 0 Å². The van der Waals surface area contributed by atoms with Crippen LogP contribution in [-0.2, 0) is 4.79 Å². The Balaban J connectivity index is 1.73. The molecule has 5 heteroatoms. The standard InChI is InChI=1S/C19H19ClFNOS/c1-13(24-18-7-3-2-5-16(18)20)19(23)22-12-4-6-17(22)14-8-10-15(21)11-9-14/h2-3,5,7-11,13,17H,4,6,12H2,1H3. The minimum Gasteiger partial charge on any atom is -0.335 e. The van der Waals surface area contributed by atoms with E-state index in [0.717, 1.165) is 29.8 Å². The molecule has 24 heavy (non-hydrogen) atoms. The van der Waals surface area contributed by atoms with Crippen LogP contribution in [0.3, 0.4) is 0 Å². The molecule has 3 rings (SSSR count). The Hall–Kier alpha value is -1.52. The van der Waals surface area contributed by atoms with Gasteiger partial charge in [0.25, 0.3) is 0 Å². The molecule has 2 nitrogen and oxygen atoms in total. The van der Waals surface area contributed by atoms with Crippen LogP contribution >= 0.6 is 23.4 Å². The van der Waals surface area contributed by atoms with E-state index in [1.165, 1.54) is 23.9 Å². The molecule has 1 amide bonds. The molecule has 0 bridgehead atoms. The lowest BCUT2D eigenvalue weighted by Gasteiger charge is -2.28. The Kier molecular flexibility index (Phi) is 5.47. The maximum atomic E-state index is 13.1. The Morgan fingerprint density at radius 3 is 2.67 bits per heavy atom. The molecule has 0 aliphatic carbocycles. The number of likely N-dealkylation sites (tertiary alicyclic amines) is 1. The first-order valence-corrected chi connectivity index (χ1v) is 9.29. The predicted molar refractivity (Wildman–Crippen MR) is 96.9 cm³/mol. The summed E-state index contributed by atoms with van der Waals surface area (Å²) in [6, 6.07) is 14.1. The number of carbonyl (C=O) groups excluding carboxylic acids is 1. The maximum absolute atomic E-state index is 13.1. The number of hydrogen-bond donors (Lipinski definition) is 0. The van der Waals surface area contributed by atoms with Crippen molar-refractivity contribution in [3.8, 4) is 0 Å². The van der Waals surface area contributed by atoms with Gasteiger partial charge in [0.2, 0.25) is 5.91 Å². The molecule has 2 aromatic rings. The number of thioether (sulfide) groups is 1. The SMILES string of the molecule is CC(Sc1ccccc1Cl)C(=O)N1CCCC1c1ccc(F)cc1. The van der Waals surface area contributed by atoms with Crippen LogP contribution < -0.4 is 0 Å². The smallest absolute Gasteiger partial charge is 0.236 e. The summed E-state index contributed by atoms with van der Waals surface area (Å²) < 4.78 is 13.1. The molecule has 2 atom stereocenters. The molecule has 0 radical (unpaired) electrons. The van der Waals surface area contributed by atoms with Crippen molar-refractivity contribution in [1.29, 1.82) is 0 Å². The van der Waals surface area contributed by atoms with Crippen molar-refractivity contribution in [3.05, 3.63) is 64.9 Å². The first-order valence-electron chi connectivity index (χ1n) is 8.03. The fraction of sp³-hybridized carbons (Fsp3) is 0.316. The van der Waals surface area contributed by atoms with Crippen molar-refractivity contribution >= 4 is 29.3 Å². The van der Waals surface area contributed by atoms with Crippen LogP contribution in [0, 0.1) is 5.82 Å². The molecule has 2 unspecified atom stereocenters. The molecule has 126 valence electrons. The van der Waals surface area contributed by atoms with Gasteiger partial charge in [-0.1, -0.05) is 35.9 Å². The molecule has 1 saturated heterocycles. The van der Waals surface area contributed by atoms with Crippen LogP contribution in [0.25, 0.3) is 0 Å². The van der Waals surface area contributed by atoms with Gasteiger partial charge in [-0.15, -0.1) is 11.8 Å². The largest absolute Gasteiger partial charge is 0.335 e. The van der Waals surface area contributed by atoms with E-state index in [1.807, 2.05) is 36.1 Å². The minimum absolute atomic E-state index is 0.0346. The zero-order valence-corrected chi connectivity index (χ0v) is 15.0. The summed E-state index contributed by atoms with van der Waals surface area (Å²) in [6.45, 7) is 2.66. The molecule has 1 aliphatic rings. The number of rotatable bonds is 4. The molecule has 1 fully saturated rings. The Labute approximate surface area is 151 Å². The van der Waals surface area contributed by atoms with Gasteiger partial charge in [-0.3, -0.25) is 4.79 Å². The maximum Gasteiger partial charge on any atom is 0.236 e. The molecule has 0 aromatic heterocycles. The Morgan fingerprint density at radius 1 is 1.25 bits per heavy atom. The van der Waals surface area contributed by atoms with Crippen molar-refractivity contribution in [2.24, 2.45) is 0 Å². The summed E-state index contributed by atoms with van der Waals surface area (Å²) in [5.74, 6) is -0.149. The van der Waals surface area contributed by atoms with E-state index in [1.54, 1.807) is 12.1 Å². The van der Waals surface area contributed by atoms with Crippen molar-refractivity contribution in [2.45, 2.75) is 36.0 Å². The fourth-order valence-corrected chi connectivity index (χ4v) is 4.30. The first-order chi connectivity index (χ1) is 11.6. The number of halogens is 2. The van der Waals surface area contributed by atoms with Crippen LogP contribution in [0.5, 0.6) is 0 Å². The highest BCUT2D eigenvalue weighted by Crippen LogP contribution is 2.36. The van der Waals surface area contributed by atoms with Crippen LogP contribution in [0.1, 0.15) is 31.4 Å². The van der Waals surface area contributed by atoms with E-state index in [0.29, 0.717) is 5.02 Å². The normalized spacial score (nSPS) is 18.6. The molecular weight excluding hydrogens is 345 g/mol. The third-order valence-corrected chi connectivity index (χ3v) is 5.89. The van der Waals surface area contributed by atoms with Crippen molar-refractivity contribution in [1.82, 2.24) is 4.90 Å². The van der Waals surface area contributed by atoms with Crippen molar-refractivity contribution in [2.75, 3.05) is 6.54 Å². The average molecular weight is 364 g/mol. The lowest BCUT2D eigenvalue weighted by Crippen LogP contribution is -2.36. The van der Waals surface area contributed by atoms with E-state index >= 15 is 0 Å². The second kappa shape index (κ2) is 7.58. The molecule has 0 N–H and O–H groups in total. The first kappa shape index (κ1) is 17.3. The van der Waals surface area contributed by atoms with Gasteiger partial charge in [-0.25, -0.2) is 4.39 Å². The van der Waals surface area contributed by atoms with Crippen LogP contribution in [0.4, 0.5) is 4.39 Å². The summed E-state index contributed by atoms with van der Waals surface area (Å²) in [5.41, 5.74) is 0.997. The van der Waals surface area contributed by atoms with Crippen LogP contribution in [-0.4, -0.2) is 22.6 Å². The summed E-state index contributed by atoms with van der Waals surface area (Å²) in [5, 5.41) is 0.449. The molecule has 0 spiro atoms. The minimum atomic E-state index is -0.253. The van der Waals surface area contributed by atoms with Gasteiger partial charge in [0.05, 0.1) is 16.3 Å². The number of carbonyl (C=O) groups is 1. The molecule has 1 aliphatic heterocycles. The van der Waals surface area contributed by atoms with Gasteiger partial charge in [0.1, 0.15) is 5.82 Å². The Morgan fingerprint density at radius 2 is 1.96 bits per heavy atom. The third kappa shape index (κ3) is 3.76. The topological polar surface area (TPSA) is 20.3 Å². The van der Waals surface area contributed by atoms with E-state index in [9.17, 15) is 9.18 Å². The molecule has 2 aromatic carbocycles. The predicted octanol–water partition coefficient (Wildman–Crippen LogP) is 5.32. The van der Waals surface area contributed by atoms with Gasteiger partial charge < -0.3 is 4.90 Å². The second-order valence-electron chi connectivity index (χ2n) is 5.93. The number of hydrogen-bond acceptors (Lipinski definition) is 2. The van der Waals surface area contributed by atoms with E-state index in [2.05, 4.69) is 0 Å². The zero-order valence-electron chi connectivity index (χ0n) is 13.4. The zero-order chi connectivity index (χ0) is 17.1. The summed E-state index contributed by atoms with van der Waals surface area (Å²) in [6.07, 6.45) is 1.89. The number of nitrogens with zero attached hydrogens (tertiary/aromatic N) is 1. The quantitative estimate of drug-likeness (QED) is 0.685. The molecule has 1 heterocycles. The summed E-state index contributed by atoms with van der Waals surface area (Å²) in [4.78, 5) is 15.7. The van der Waals surface area contributed by atoms with Gasteiger partial charge in [-0.05, 0) is 49.6 Å². The van der Waals surface area contributed by atoms with Gasteiger partial charge in [0.15, 0.2) is 0 Å².